The summed E-state index contributed by atoms with van der Waals surface area (Å²) in [5.41, 5.74) is 0. The number of likely N-dealkylation sites (N-methyl/N-ethyl adjacent to an activating group) is 1. The molecule has 0 aliphatic carbocycles. The Morgan fingerprint density at radius 2 is 2.25 bits per heavy atom. The van der Waals surface area contributed by atoms with E-state index in [1.807, 2.05) is 6.92 Å². The van der Waals surface area contributed by atoms with Crippen molar-refractivity contribution in [2.45, 2.75) is 43.1 Å². The van der Waals surface area contributed by atoms with Gasteiger partial charge in [-0.25, -0.2) is 8.42 Å². The van der Waals surface area contributed by atoms with Crippen LogP contribution in [0.1, 0.15) is 29.0 Å². The Labute approximate surface area is 129 Å². The first-order chi connectivity index (χ1) is 9.45. The summed E-state index contributed by atoms with van der Waals surface area (Å²) < 4.78 is 32.2. The number of alkyl halides is 1. The summed E-state index contributed by atoms with van der Waals surface area (Å²) in [6, 6.07) is 1.68. The van der Waals surface area contributed by atoms with Crippen LogP contribution >= 0.6 is 22.9 Å². The van der Waals surface area contributed by atoms with Crippen molar-refractivity contribution in [1.29, 1.82) is 0 Å². The van der Waals surface area contributed by atoms with Gasteiger partial charge in [0.05, 0.1) is 16.9 Å². The predicted octanol–water partition coefficient (Wildman–Crippen LogP) is 2.98. The van der Waals surface area contributed by atoms with Crippen LogP contribution in [0.5, 0.6) is 0 Å². The maximum absolute atomic E-state index is 12.6. The SMILES string of the molecule is Cc1sc(CCl)cc1S(=O)(=O)N(C)CC1CCCCO1. The number of aryl methyl sites for hydroxylation is 1. The third-order valence-electron chi connectivity index (χ3n) is 3.48. The third kappa shape index (κ3) is 3.54. The van der Waals surface area contributed by atoms with E-state index in [-0.39, 0.29) is 6.10 Å². The molecule has 1 saturated heterocycles. The van der Waals surface area contributed by atoms with Crippen LogP contribution in [0.15, 0.2) is 11.0 Å². The number of thiophene rings is 1. The van der Waals surface area contributed by atoms with Crippen LogP contribution in [0.3, 0.4) is 0 Å². The third-order valence-corrected chi connectivity index (χ3v) is 7.05. The smallest absolute Gasteiger partial charge is 0.244 e. The molecule has 0 amide bonds. The molecule has 114 valence electrons. The zero-order valence-electron chi connectivity index (χ0n) is 11.8. The Kier molecular flexibility index (Phi) is 5.48. The Hall–Kier alpha value is -0.140. The highest BCUT2D eigenvalue weighted by atomic mass is 35.5. The molecule has 1 aromatic heterocycles. The van der Waals surface area contributed by atoms with Crippen molar-refractivity contribution in [1.82, 2.24) is 4.31 Å². The van der Waals surface area contributed by atoms with Gasteiger partial charge in [-0.05, 0) is 32.3 Å². The van der Waals surface area contributed by atoms with E-state index in [9.17, 15) is 8.42 Å². The van der Waals surface area contributed by atoms with Gasteiger partial charge >= 0.3 is 0 Å². The van der Waals surface area contributed by atoms with E-state index in [4.69, 9.17) is 16.3 Å². The highest BCUT2D eigenvalue weighted by Crippen LogP contribution is 2.29. The largest absolute Gasteiger partial charge is 0.377 e. The first-order valence-electron chi connectivity index (χ1n) is 6.68. The molecular formula is C13H20ClNO3S2. The molecule has 2 rings (SSSR count). The molecule has 1 aromatic rings. The molecule has 1 aliphatic heterocycles. The van der Waals surface area contributed by atoms with Gasteiger partial charge in [-0.1, -0.05) is 0 Å². The molecule has 0 saturated carbocycles. The molecule has 0 spiro atoms. The van der Waals surface area contributed by atoms with Crippen LogP contribution in [0.2, 0.25) is 0 Å². The van der Waals surface area contributed by atoms with Crippen LogP contribution < -0.4 is 0 Å². The lowest BCUT2D eigenvalue weighted by atomic mass is 10.1. The van der Waals surface area contributed by atoms with Crippen molar-refractivity contribution in [2.75, 3.05) is 20.2 Å². The minimum absolute atomic E-state index is 0.00923. The summed E-state index contributed by atoms with van der Waals surface area (Å²) in [6.45, 7) is 2.96. The van der Waals surface area contributed by atoms with Gasteiger partial charge in [-0.2, -0.15) is 4.31 Å². The van der Waals surface area contributed by atoms with Crippen molar-refractivity contribution < 1.29 is 13.2 Å². The van der Waals surface area contributed by atoms with Gasteiger partial charge < -0.3 is 4.74 Å². The van der Waals surface area contributed by atoms with Crippen LogP contribution in [0.25, 0.3) is 0 Å². The fourth-order valence-corrected chi connectivity index (χ4v) is 5.24. The lowest BCUT2D eigenvalue weighted by molar-refractivity contribution is 0.00858. The maximum Gasteiger partial charge on any atom is 0.244 e. The summed E-state index contributed by atoms with van der Waals surface area (Å²) in [5, 5.41) is 0. The van der Waals surface area contributed by atoms with Crippen LogP contribution in [0, 0.1) is 6.92 Å². The average molecular weight is 338 g/mol. The first kappa shape index (κ1) is 16.2. The van der Waals surface area contributed by atoms with Crippen molar-refractivity contribution in [3.8, 4) is 0 Å². The molecule has 0 radical (unpaired) electrons. The molecule has 0 N–H and O–H groups in total. The Morgan fingerprint density at radius 1 is 1.50 bits per heavy atom. The number of ether oxygens (including phenoxy) is 1. The minimum Gasteiger partial charge on any atom is -0.377 e. The zero-order chi connectivity index (χ0) is 14.8. The Morgan fingerprint density at radius 3 is 2.80 bits per heavy atom. The molecular weight excluding hydrogens is 318 g/mol. The van der Waals surface area contributed by atoms with Gasteiger partial charge in [-0.3, -0.25) is 0 Å². The van der Waals surface area contributed by atoms with Gasteiger partial charge in [0.15, 0.2) is 0 Å². The lowest BCUT2D eigenvalue weighted by Gasteiger charge is -2.27. The highest BCUT2D eigenvalue weighted by Gasteiger charge is 2.27. The Bertz CT molecular complexity index is 550. The summed E-state index contributed by atoms with van der Waals surface area (Å²) in [4.78, 5) is 2.04. The normalized spacial score (nSPS) is 20.5. The van der Waals surface area contributed by atoms with E-state index in [1.54, 1.807) is 13.1 Å². The average Bonchev–Trinajstić information content (AvgIpc) is 2.82. The zero-order valence-corrected chi connectivity index (χ0v) is 14.2. The number of hydrogen-bond donors (Lipinski definition) is 0. The summed E-state index contributed by atoms with van der Waals surface area (Å²) in [6.07, 6.45) is 3.10. The van der Waals surface area contributed by atoms with Gasteiger partial charge in [0, 0.05) is 30.0 Å². The summed E-state index contributed by atoms with van der Waals surface area (Å²) in [7, 11) is -1.84. The molecule has 0 bridgehead atoms. The minimum atomic E-state index is -3.45. The molecule has 1 fully saturated rings. The number of sulfonamides is 1. The number of hydrogen-bond acceptors (Lipinski definition) is 4. The predicted molar refractivity (Wildman–Crippen MR) is 82.0 cm³/mol. The van der Waals surface area contributed by atoms with Gasteiger partial charge in [0.25, 0.3) is 0 Å². The fourth-order valence-electron chi connectivity index (χ4n) is 2.35. The van der Waals surface area contributed by atoms with Crippen LogP contribution in [-0.4, -0.2) is 39.0 Å². The van der Waals surface area contributed by atoms with E-state index in [1.165, 1.54) is 15.6 Å². The molecule has 1 unspecified atom stereocenters. The van der Waals surface area contributed by atoms with Crippen molar-refractivity contribution in [3.05, 3.63) is 15.8 Å². The van der Waals surface area contributed by atoms with E-state index in [0.29, 0.717) is 17.3 Å². The van der Waals surface area contributed by atoms with Crippen molar-refractivity contribution in [3.63, 3.8) is 0 Å². The topological polar surface area (TPSA) is 46.6 Å². The number of rotatable bonds is 5. The molecule has 2 heterocycles. The molecule has 4 nitrogen and oxygen atoms in total. The van der Waals surface area contributed by atoms with E-state index in [2.05, 4.69) is 0 Å². The first-order valence-corrected chi connectivity index (χ1v) is 9.47. The highest BCUT2D eigenvalue weighted by molar-refractivity contribution is 7.89. The second kappa shape index (κ2) is 6.75. The quantitative estimate of drug-likeness (QED) is 0.776. The van der Waals surface area contributed by atoms with Gasteiger partial charge in [0.1, 0.15) is 0 Å². The summed E-state index contributed by atoms with van der Waals surface area (Å²) in [5.74, 6) is 0.344. The van der Waals surface area contributed by atoms with E-state index >= 15 is 0 Å². The van der Waals surface area contributed by atoms with Crippen LogP contribution in [-0.2, 0) is 20.6 Å². The second-order valence-electron chi connectivity index (χ2n) is 5.04. The second-order valence-corrected chi connectivity index (χ2v) is 8.66. The molecule has 20 heavy (non-hydrogen) atoms. The van der Waals surface area contributed by atoms with E-state index in [0.717, 1.165) is 35.6 Å². The number of halogens is 1. The molecule has 1 aliphatic rings. The van der Waals surface area contributed by atoms with Gasteiger partial charge in [-0.15, -0.1) is 22.9 Å². The molecule has 7 heteroatoms. The van der Waals surface area contributed by atoms with Crippen molar-refractivity contribution >= 4 is 33.0 Å². The fraction of sp³-hybridized carbons (Fsp3) is 0.692. The lowest BCUT2D eigenvalue weighted by Crippen LogP contribution is -2.37. The molecule has 0 aromatic carbocycles. The van der Waals surface area contributed by atoms with Gasteiger partial charge in [0.2, 0.25) is 10.0 Å². The monoisotopic (exact) mass is 337 g/mol. The standard InChI is InChI=1S/C13H20ClNO3S2/c1-10-13(7-12(8-14)19-10)20(16,17)15(2)9-11-5-3-4-6-18-11/h7,11H,3-6,8-9H2,1-2H3. The van der Waals surface area contributed by atoms with E-state index < -0.39 is 10.0 Å². The van der Waals surface area contributed by atoms with Crippen molar-refractivity contribution in [2.24, 2.45) is 0 Å². The number of nitrogens with zero attached hydrogens (tertiary/aromatic N) is 1. The Balaban J connectivity index is 2.13. The summed E-state index contributed by atoms with van der Waals surface area (Å²) >= 11 is 7.22. The molecule has 1 atom stereocenters. The van der Waals surface area contributed by atoms with Crippen LogP contribution in [0.4, 0.5) is 0 Å². The maximum atomic E-state index is 12.6.